The first kappa shape index (κ1) is 24.7. The van der Waals surface area contributed by atoms with E-state index in [9.17, 15) is 29.7 Å². The Kier molecular flexibility index (Phi) is 7.67. The van der Waals surface area contributed by atoms with Crippen LogP contribution in [0.1, 0.15) is 36.3 Å². The summed E-state index contributed by atoms with van der Waals surface area (Å²) < 4.78 is 5.48. The lowest BCUT2D eigenvalue weighted by Gasteiger charge is -2.41. The van der Waals surface area contributed by atoms with Gasteiger partial charge in [-0.05, 0) is 35.1 Å². The number of piperidine rings is 1. The van der Waals surface area contributed by atoms with Crippen LogP contribution in [-0.2, 0) is 14.3 Å². The SMILES string of the molecule is O=C(O)CC(NC(=O)OCC1c2ccccc2-c2ccccc21)C(=O)N1CCC[C@@H](CO)[C@H]1CO. The number of likely N-dealkylation sites (tertiary alicyclic amines) is 1. The van der Waals surface area contributed by atoms with E-state index in [0.29, 0.717) is 19.4 Å². The van der Waals surface area contributed by atoms with Crippen molar-refractivity contribution in [3.8, 4) is 11.1 Å². The van der Waals surface area contributed by atoms with E-state index in [2.05, 4.69) is 5.32 Å². The number of nitrogens with zero attached hydrogens (tertiary/aromatic N) is 1. The highest BCUT2D eigenvalue weighted by Crippen LogP contribution is 2.44. The number of amides is 2. The number of carboxylic acids is 1. The average Bonchev–Trinajstić information content (AvgIpc) is 3.19. The number of carbonyl (C=O) groups excluding carboxylic acids is 2. The molecule has 1 aliphatic heterocycles. The molecular formula is C26H30N2O7. The van der Waals surface area contributed by atoms with Gasteiger partial charge < -0.3 is 30.3 Å². The first-order valence-electron chi connectivity index (χ1n) is 11.8. The average molecular weight is 483 g/mol. The predicted octanol–water partition coefficient (Wildman–Crippen LogP) is 1.96. The van der Waals surface area contributed by atoms with Gasteiger partial charge in [0.05, 0.1) is 19.1 Å². The summed E-state index contributed by atoms with van der Waals surface area (Å²) in [5.74, 6) is -2.35. The Hall–Kier alpha value is -3.43. The Balaban J connectivity index is 1.45. The molecule has 1 unspecified atom stereocenters. The molecule has 9 nitrogen and oxygen atoms in total. The van der Waals surface area contributed by atoms with Crippen molar-refractivity contribution in [1.82, 2.24) is 10.2 Å². The molecular weight excluding hydrogens is 452 g/mol. The van der Waals surface area contributed by atoms with Crippen LogP contribution < -0.4 is 5.32 Å². The van der Waals surface area contributed by atoms with Gasteiger partial charge in [0.25, 0.3) is 0 Å². The summed E-state index contributed by atoms with van der Waals surface area (Å²) in [5, 5.41) is 31.1. The van der Waals surface area contributed by atoms with Crippen LogP contribution in [0.3, 0.4) is 0 Å². The van der Waals surface area contributed by atoms with Crippen LogP contribution in [0.5, 0.6) is 0 Å². The van der Waals surface area contributed by atoms with E-state index in [1.807, 2.05) is 48.5 Å². The summed E-state index contributed by atoms with van der Waals surface area (Å²) in [4.78, 5) is 38.7. The Labute approximate surface area is 203 Å². The monoisotopic (exact) mass is 482 g/mol. The highest BCUT2D eigenvalue weighted by Gasteiger charge is 2.38. The summed E-state index contributed by atoms with van der Waals surface area (Å²) >= 11 is 0. The van der Waals surface area contributed by atoms with Gasteiger partial charge in [0, 0.05) is 25.0 Å². The number of hydrogen-bond donors (Lipinski definition) is 4. The van der Waals surface area contributed by atoms with E-state index in [-0.39, 0.29) is 31.7 Å². The summed E-state index contributed by atoms with van der Waals surface area (Å²) in [6.07, 6.45) is -0.253. The molecule has 4 rings (SSSR count). The lowest BCUT2D eigenvalue weighted by atomic mass is 9.89. The van der Waals surface area contributed by atoms with Gasteiger partial charge in [-0.15, -0.1) is 0 Å². The molecule has 9 heteroatoms. The minimum atomic E-state index is -1.35. The van der Waals surface area contributed by atoms with Crippen LogP contribution in [0.4, 0.5) is 4.79 Å². The molecule has 4 N–H and O–H groups in total. The normalized spacial score (nSPS) is 20.0. The molecule has 1 fully saturated rings. The van der Waals surface area contributed by atoms with Crippen molar-refractivity contribution in [3.63, 3.8) is 0 Å². The lowest BCUT2D eigenvalue weighted by molar-refractivity contribution is -0.146. The second kappa shape index (κ2) is 10.9. The van der Waals surface area contributed by atoms with E-state index in [1.54, 1.807) is 0 Å². The van der Waals surface area contributed by atoms with Crippen LogP contribution in [0.25, 0.3) is 11.1 Å². The second-order valence-electron chi connectivity index (χ2n) is 8.99. The largest absolute Gasteiger partial charge is 0.481 e. The van der Waals surface area contributed by atoms with Crippen LogP contribution in [0.15, 0.2) is 48.5 Å². The van der Waals surface area contributed by atoms with Crippen LogP contribution in [0, 0.1) is 5.92 Å². The number of benzene rings is 2. The smallest absolute Gasteiger partial charge is 0.407 e. The first-order chi connectivity index (χ1) is 16.9. The quantitative estimate of drug-likeness (QED) is 0.451. The Morgan fingerprint density at radius 1 is 1.00 bits per heavy atom. The van der Waals surface area contributed by atoms with Gasteiger partial charge in [-0.2, -0.15) is 0 Å². The number of aliphatic hydroxyl groups is 2. The maximum absolute atomic E-state index is 13.2. The molecule has 0 saturated carbocycles. The summed E-state index contributed by atoms with van der Waals surface area (Å²) in [5.41, 5.74) is 4.23. The van der Waals surface area contributed by atoms with Gasteiger partial charge in [-0.1, -0.05) is 48.5 Å². The fourth-order valence-corrected chi connectivity index (χ4v) is 5.23. The number of rotatable bonds is 8. The molecule has 0 spiro atoms. The minimum absolute atomic E-state index is 0.0312. The van der Waals surface area contributed by atoms with E-state index in [1.165, 1.54) is 4.90 Å². The van der Waals surface area contributed by atoms with Crippen LogP contribution in [-0.4, -0.2) is 76.6 Å². The van der Waals surface area contributed by atoms with E-state index < -0.39 is 36.5 Å². The zero-order chi connectivity index (χ0) is 24.9. The standard InChI is InChI=1S/C26H30N2O7/c29-13-16-6-5-11-28(23(16)14-30)25(33)22(12-24(31)32)27-26(34)35-15-21-19-9-3-1-7-17(19)18-8-2-4-10-20(18)21/h1-4,7-10,16,21-23,29-30H,5-6,11-15H2,(H,27,34)(H,31,32)/t16-,22?,23+/m0/s1. The Morgan fingerprint density at radius 2 is 1.63 bits per heavy atom. The number of carboxylic acid groups (broad SMARTS) is 1. The van der Waals surface area contributed by atoms with E-state index in [0.717, 1.165) is 22.3 Å². The number of aliphatic carboxylic acids is 1. The van der Waals surface area contributed by atoms with Gasteiger partial charge in [0.2, 0.25) is 5.91 Å². The highest BCUT2D eigenvalue weighted by atomic mass is 16.5. The van der Waals surface area contributed by atoms with E-state index >= 15 is 0 Å². The lowest BCUT2D eigenvalue weighted by Crippen LogP contribution is -2.57. The zero-order valence-corrected chi connectivity index (χ0v) is 19.3. The van der Waals surface area contributed by atoms with Gasteiger partial charge >= 0.3 is 12.1 Å². The molecule has 2 aliphatic rings. The molecule has 1 heterocycles. The second-order valence-corrected chi connectivity index (χ2v) is 8.99. The molecule has 1 saturated heterocycles. The molecule has 0 radical (unpaired) electrons. The topological polar surface area (TPSA) is 136 Å². The highest BCUT2D eigenvalue weighted by molar-refractivity contribution is 5.89. The molecule has 0 aromatic heterocycles. The predicted molar refractivity (Wildman–Crippen MR) is 127 cm³/mol. The Bertz CT molecular complexity index is 1040. The molecule has 2 aromatic rings. The van der Waals surface area contributed by atoms with Crippen LogP contribution in [0.2, 0.25) is 0 Å². The molecule has 1 aliphatic carbocycles. The zero-order valence-electron chi connectivity index (χ0n) is 19.3. The third-order valence-electron chi connectivity index (χ3n) is 6.94. The van der Waals surface area contributed by atoms with Crippen molar-refractivity contribution in [1.29, 1.82) is 0 Å². The third-order valence-corrected chi connectivity index (χ3v) is 6.94. The summed E-state index contributed by atoms with van der Waals surface area (Å²) in [7, 11) is 0. The number of fused-ring (bicyclic) bond motifs is 3. The van der Waals surface area contributed by atoms with Crippen LogP contribution >= 0.6 is 0 Å². The number of carbonyl (C=O) groups is 3. The van der Waals surface area contributed by atoms with Gasteiger partial charge in [0.15, 0.2) is 0 Å². The van der Waals surface area contributed by atoms with E-state index in [4.69, 9.17) is 4.74 Å². The number of nitrogens with one attached hydrogen (secondary N) is 1. The van der Waals surface area contributed by atoms with Crippen molar-refractivity contribution in [2.75, 3.05) is 26.4 Å². The molecule has 2 amide bonds. The van der Waals surface area contributed by atoms with Crippen molar-refractivity contribution in [2.24, 2.45) is 5.92 Å². The summed E-state index contributed by atoms with van der Waals surface area (Å²) in [6, 6.07) is 13.8. The van der Waals surface area contributed by atoms with Crippen molar-refractivity contribution in [2.45, 2.75) is 37.3 Å². The molecule has 35 heavy (non-hydrogen) atoms. The third kappa shape index (κ3) is 5.16. The Morgan fingerprint density at radius 3 is 2.20 bits per heavy atom. The maximum Gasteiger partial charge on any atom is 0.407 e. The minimum Gasteiger partial charge on any atom is -0.481 e. The number of ether oxygens (including phenoxy) is 1. The molecule has 3 atom stereocenters. The van der Waals surface area contributed by atoms with Gasteiger partial charge in [0.1, 0.15) is 12.6 Å². The van der Waals surface area contributed by atoms with Crippen molar-refractivity contribution in [3.05, 3.63) is 59.7 Å². The molecule has 0 bridgehead atoms. The van der Waals surface area contributed by atoms with Gasteiger partial charge in [-0.25, -0.2) is 4.79 Å². The van der Waals surface area contributed by atoms with Crippen molar-refractivity contribution < 1.29 is 34.4 Å². The number of aliphatic hydroxyl groups excluding tert-OH is 2. The summed E-state index contributed by atoms with van der Waals surface area (Å²) in [6.45, 7) is -0.216. The van der Waals surface area contributed by atoms with Gasteiger partial charge in [-0.3, -0.25) is 9.59 Å². The van der Waals surface area contributed by atoms with Crippen molar-refractivity contribution >= 4 is 18.0 Å². The molecule has 186 valence electrons. The fraction of sp³-hybridized carbons (Fsp3) is 0.423. The maximum atomic E-state index is 13.2. The molecule has 2 aromatic carbocycles. The first-order valence-corrected chi connectivity index (χ1v) is 11.8. The number of hydrogen-bond acceptors (Lipinski definition) is 6. The number of alkyl carbamates (subject to hydrolysis) is 1. The fourth-order valence-electron chi connectivity index (χ4n) is 5.23.